The van der Waals surface area contributed by atoms with E-state index in [2.05, 4.69) is 40.8 Å². The largest absolute Gasteiger partial charge is 0.370 e. The van der Waals surface area contributed by atoms with Crippen LogP contribution in [0.25, 0.3) is 10.7 Å². The highest BCUT2D eigenvalue weighted by atomic mass is 32.1. The van der Waals surface area contributed by atoms with Gasteiger partial charge in [-0.25, -0.2) is 9.97 Å². The summed E-state index contributed by atoms with van der Waals surface area (Å²) in [6.07, 6.45) is 5.21. The molecule has 2 aromatic rings. The highest BCUT2D eigenvalue weighted by Gasteiger charge is 2.20. The zero-order valence-corrected chi connectivity index (χ0v) is 12.0. The highest BCUT2D eigenvalue weighted by Crippen LogP contribution is 2.35. The van der Waals surface area contributed by atoms with Gasteiger partial charge in [-0.1, -0.05) is 18.9 Å². The number of hydrogen-bond acceptors (Lipinski definition) is 4. The maximum Gasteiger partial charge on any atom is 0.171 e. The molecule has 1 aliphatic rings. The molecule has 0 unspecified atom stereocenters. The van der Waals surface area contributed by atoms with Gasteiger partial charge in [-0.15, -0.1) is 11.3 Å². The van der Waals surface area contributed by atoms with Crippen LogP contribution in [0.3, 0.4) is 0 Å². The number of anilines is 1. The lowest BCUT2D eigenvalue weighted by molar-refractivity contribution is 0.696. The molecule has 1 N–H and O–H groups in total. The Kier molecular flexibility index (Phi) is 3.78. The summed E-state index contributed by atoms with van der Waals surface area (Å²) in [5.41, 5.74) is 1.21. The first-order chi connectivity index (χ1) is 9.36. The first-order valence-corrected chi connectivity index (χ1v) is 7.91. The van der Waals surface area contributed by atoms with Crippen molar-refractivity contribution in [3.63, 3.8) is 0 Å². The zero-order valence-electron chi connectivity index (χ0n) is 11.2. The summed E-state index contributed by atoms with van der Waals surface area (Å²) in [6.45, 7) is 2.99. The second-order valence-electron chi connectivity index (χ2n) is 4.99. The predicted molar refractivity (Wildman–Crippen MR) is 80.7 cm³/mol. The van der Waals surface area contributed by atoms with Crippen molar-refractivity contribution in [3.05, 3.63) is 29.3 Å². The van der Waals surface area contributed by atoms with E-state index in [0.717, 1.165) is 23.1 Å². The van der Waals surface area contributed by atoms with Crippen LogP contribution < -0.4 is 5.32 Å². The Morgan fingerprint density at radius 2 is 2.16 bits per heavy atom. The molecule has 0 aromatic carbocycles. The predicted octanol–water partition coefficient (Wildman–Crippen LogP) is 4.29. The summed E-state index contributed by atoms with van der Waals surface area (Å²) >= 11 is 1.70. The van der Waals surface area contributed by atoms with Gasteiger partial charge in [-0.2, -0.15) is 0 Å². The van der Waals surface area contributed by atoms with E-state index in [1.165, 1.54) is 31.4 Å². The highest BCUT2D eigenvalue weighted by molar-refractivity contribution is 7.13. The average molecular weight is 273 g/mol. The number of hydrogen-bond donors (Lipinski definition) is 1. The fourth-order valence-corrected chi connectivity index (χ4v) is 3.34. The molecule has 0 aliphatic heterocycles. The van der Waals surface area contributed by atoms with Crippen molar-refractivity contribution in [2.24, 2.45) is 0 Å². The van der Waals surface area contributed by atoms with E-state index in [4.69, 9.17) is 4.98 Å². The molecule has 0 bridgehead atoms. The smallest absolute Gasteiger partial charge is 0.171 e. The minimum atomic E-state index is 0.624. The third-order valence-electron chi connectivity index (χ3n) is 3.62. The molecule has 4 heteroatoms. The second kappa shape index (κ2) is 5.70. The van der Waals surface area contributed by atoms with E-state index in [9.17, 15) is 0 Å². The molecule has 0 amide bonds. The Morgan fingerprint density at radius 1 is 1.32 bits per heavy atom. The number of rotatable bonds is 4. The minimum Gasteiger partial charge on any atom is -0.370 e. The van der Waals surface area contributed by atoms with Crippen LogP contribution >= 0.6 is 11.3 Å². The molecule has 3 rings (SSSR count). The fourth-order valence-electron chi connectivity index (χ4n) is 2.68. The van der Waals surface area contributed by atoms with Crippen molar-refractivity contribution in [2.45, 2.75) is 38.5 Å². The lowest BCUT2D eigenvalue weighted by Crippen LogP contribution is -2.05. The van der Waals surface area contributed by atoms with Gasteiger partial charge in [0.25, 0.3) is 0 Å². The molecule has 1 saturated carbocycles. The van der Waals surface area contributed by atoms with Crippen LogP contribution in [0.15, 0.2) is 23.6 Å². The van der Waals surface area contributed by atoms with Crippen LogP contribution in [0.4, 0.5) is 5.82 Å². The third kappa shape index (κ3) is 2.78. The SMILES string of the molecule is CCNc1cc(C2CCCC2)nc(-c2cccs2)n1. The van der Waals surface area contributed by atoms with Crippen LogP contribution in [0.5, 0.6) is 0 Å². The van der Waals surface area contributed by atoms with Crippen molar-refractivity contribution in [1.82, 2.24) is 9.97 Å². The maximum absolute atomic E-state index is 4.80. The number of aromatic nitrogens is 2. The van der Waals surface area contributed by atoms with Crippen molar-refractivity contribution >= 4 is 17.2 Å². The molecule has 0 radical (unpaired) electrons. The van der Waals surface area contributed by atoms with Gasteiger partial charge in [0.1, 0.15) is 5.82 Å². The normalized spacial score (nSPS) is 15.8. The number of thiophene rings is 1. The Balaban J connectivity index is 1.98. The molecule has 100 valence electrons. The van der Waals surface area contributed by atoms with Gasteiger partial charge in [0.15, 0.2) is 5.82 Å². The first-order valence-electron chi connectivity index (χ1n) is 7.03. The van der Waals surface area contributed by atoms with Gasteiger partial charge in [0.05, 0.1) is 4.88 Å². The Bertz CT molecular complexity index is 530. The van der Waals surface area contributed by atoms with Crippen LogP contribution in [0.1, 0.15) is 44.2 Å². The molecule has 0 spiro atoms. The third-order valence-corrected chi connectivity index (χ3v) is 4.48. The molecule has 2 heterocycles. The first kappa shape index (κ1) is 12.6. The summed E-state index contributed by atoms with van der Waals surface area (Å²) in [5.74, 6) is 2.46. The van der Waals surface area contributed by atoms with Gasteiger partial charge in [-0.05, 0) is 31.2 Å². The molecule has 19 heavy (non-hydrogen) atoms. The summed E-state index contributed by atoms with van der Waals surface area (Å²) in [4.78, 5) is 10.6. The molecule has 1 fully saturated rings. The Labute approximate surface area is 118 Å². The van der Waals surface area contributed by atoms with Crippen LogP contribution in [-0.4, -0.2) is 16.5 Å². The topological polar surface area (TPSA) is 37.8 Å². The molecular formula is C15H19N3S. The molecule has 2 aromatic heterocycles. The van der Waals surface area contributed by atoms with Crippen LogP contribution in [-0.2, 0) is 0 Å². The maximum atomic E-state index is 4.80. The number of nitrogens with zero attached hydrogens (tertiary/aromatic N) is 2. The lowest BCUT2D eigenvalue weighted by Gasteiger charge is -2.12. The molecule has 3 nitrogen and oxygen atoms in total. The summed E-state index contributed by atoms with van der Waals surface area (Å²) in [6, 6.07) is 6.28. The van der Waals surface area contributed by atoms with Crippen LogP contribution in [0.2, 0.25) is 0 Å². The van der Waals surface area contributed by atoms with Crippen molar-refractivity contribution in [1.29, 1.82) is 0 Å². The van der Waals surface area contributed by atoms with E-state index >= 15 is 0 Å². The van der Waals surface area contributed by atoms with Crippen molar-refractivity contribution in [2.75, 3.05) is 11.9 Å². The monoisotopic (exact) mass is 273 g/mol. The van der Waals surface area contributed by atoms with Gasteiger partial charge in [-0.3, -0.25) is 0 Å². The van der Waals surface area contributed by atoms with E-state index < -0.39 is 0 Å². The van der Waals surface area contributed by atoms with Crippen LogP contribution in [0, 0.1) is 0 Å². The van der Waals surface area contributed by atoms with Crippen molar-refractivity contribution in [3.8, 4) is 10.7 Å². The van der Waals surface area contributed by atoms with E-state index in [1.54, 1.807) is 11.3 Å². The van der Waals surface area contributed by atoms with E-state index in [0.29, 0.717) is 5.92 Å². The molecule has 0 atom stereocenters. The summed E-state index contributed by atoms with van der Waals surface area (Å²) < 4.78 is 0. The zero-order chi connectivity index (χ0) is 13.1. The Morgan fingerprint density at radius 3 is 2.84 bits per heavy atom. The lowest BCUT2D eigenvalue weighted by atomic mass is 10.0. The molecule has 0 saturated heterocycles. The van der Waals surface area contributed by atoms with Gasteiger partial charge >= 0.3 is 0 Å². The molecular weight excluding hydrogens is 254 g/mol. The van der Waals surface area contributed by atoms with Crippen molar-refractivity contribution < 1.29 is 0 Å². The second-order valence-corrected chi connectivity index (χ2v) is 5.94. The summed E-state index contributed by atoms with van der Waals surface area (Å²) in [7, 11) is 0. The minimum absolute atomic E-state index is 0.624. The quantitative estimate of drug-likeness (QED) is 0.902. The van der Waals surface area contributed by atoms with E-state index in [1.807, 2.05) is 0 Å². The van der Waals surface area contributed by atoms with Gasteiger partial charge < -0.3 is 5.32 Å². The van der Waals surface area contributed by atoms with Gasteiger partial charge in [0, 0.05) is 24.2 Å². The van der Waals surface area contributed by atoms with E-state index in [-0.39, 0.29) is 0 Å². The molecule has 1 aliphatic carbocycles. The van der Waals surface area contributed by atoms with Gasteiger partial charge in [0.2, 0.25) is 0 Å². The Hall–Kier alpha value is -1.42. The standard InChI is InChI=1S/C15H19N3S/c1-2-16-14-10-12(11-6-3-4-7-11)17-15(18-14)13-8-5-9-19-13/h5,8-11H,2-4,6-7H2,1H3,(H,16,17,18). The summed E-state index contributed by atoms with van der Waals surface area (Å²) in [5, 5.41) is 5.40. The fraction of sp³-hybridized carbons (Fsp3) is 0.467. The number of nitrogens with one attached hydrogen (secondary N) is 1. The average Bonchev–Trinajstić information content (AvgIpc) is 3.12.